The van der Waals surface area contributed by atoms with E-state index in [1.165, 1.54) is 4.90 Å². The Kier molecular flexibility index (Phi) is 9.59. The van der Waals surface area contributed by atoms with Crippen molar-refractivity contribution in [1.82, 2.24) is 34.1 Å². The second kappa shape index (κ2) is 14.1. The van der Waals surface area contributed by atoms with Crippen molar-refractivity contribution in [3.63, 3.8) is 0 Å². The number of nitrogens with zero attached hydrogens (tertiary/aromatic N) is 7. The summed E-state index contributed by atoms with van der Waals surface area (Å²) in [7, 11) is 1.57. The minimum Gasteiger partial charge on any atom is -0.494 e. The van der Waals surface area contributed by atoms with Gasteiger partial charge in [-0.15, -0.1) is 0 Å². The molecule has 7 rings (SSSR count). The standard InChI is InChI=1S/C38H47FN8O5/c1-6-45-20-24(19-40-45)21-47-34-29(42-35(47)31-16-25-9-7-10-30-33(25)46(31)13-12-43(30)11-8-14-48)15-26(17-32(34)51-5)36(49)44-22-27(39)18-28(23-44)41-37(50)52-38(2,3)4/h7,9-10,15-17,19-20,27-28,48H,6,8,11-14,18,21-23H2,1-5H3,(H,41,50)/t27-,28-/m1/s1. The zero-order valence-electron chi connectivity index (χ0n) is 30.4. The van der Waals surface area contributed by atoms with E-state index in [4.69, 9.17) is 14.5 Å². The molecular weight excluding hydrogens is 667 g/mol. The number of hydrogen-bond donors (Lipinski definition) is 2. The van der Waals surface area contributed by atoms with Crippen molar-refractivity contribution in [2.24, 2.45) is 0 Å². The summed E-state index contributed by atoms with van der Waals surface area (Å²) in [5.74, 6) is 0.803. The fraction of sp³-hybridized carbons (Fsp3) is 0.474. The lowest BCUT2D eigenvalue weighted by molar-refractivity contribution is 0.0394. The van der Waals surface area contributed by atoms with Crippen LogP contribution in [0.2, 0.25) is 0 Å². The van der Waals surface area contributed by atoms with Crippen LogP contribution < -0.4 is 15.0 Å². The number of imidazole rings is 1. The summed E-state index contributed by atoms with van der Waals surface area (Å²) < 4.78 is 32.7. The number of anilines is 1. The summed E-state index contributed by atoms with van der Waals surface area (Å²) in [6.07, 6.45) is 2.68. The smallest absolute Gasteiger partial charge is 0.407 e. The monoisotopic (exact) mass is 714 g/mol. The van der Waals surface area contributed by atoms with Crippen LogP contribution in [-0.2, 0) is 24.4 Å². The highest BCUT2D eigenvalue weighted by Crippen LogP contribution is 2.40. The summed E-state index contributed by atoms with van der Waals surface area (Å²) in [5.41, 5.74) is 5.05. The van der Waals surface area contributed by atoms with E-state index in [1.807, 2.05) is 24.0 Å². The van der Waals surface area contributed by atoms with Crippen LogP contribution in [0.4, 0.5) is 14.9 Å². The van der Waals surface area contributed by atoms with E-state index >= 15 is 4.39 Å². The Bertz CT molecular complexity index is 2110. The van der Waals surface area contributed by atoms with Crippen LogP contribution >= 0.6 is 0 Å². The number of alkyl halides is 1. The van der Waals surface area contributed by atoms with Crippen molar-refractivity contribution >= 4 is 39.6 Å². The molecule has 0 aliphatic carbocycles. The number of halogens is 1. The van der Waals surface area contributed by atoms with Gasteiger partial charge in [0.05, 0.1) is 54.9 Å². The number of benzene rings is 2. The van der Waals surface area contributed by atoms with Crippen LogP contribution in [0.5, 0.6) is 5.75 Å². The number of aliphatic hydroxyl groups excluding tert-OH is 1. The summed E-state index contributed by atoms with van der Waals surface area (Å²) in [4.78, 5) is 35.5. The molecule has 1 fully saturated rings. The Hall–Kier alpha value is -5.11. The first kappa shape index (κ1) is 35.3. The molecule has 52 heavy (non-hydrogen) atoms. The number of carbonyl (C=O) groups excluding carboxylic acids is 2. The van der Waals surface area contributed by atoms with E-state index in [0.29, 0.717) is 29.8 Å². The molecule has 5 aromatic rings. The number of para-hydroxylation sites is 1. The fourth-order valence-electron chi connectivity index (χ4n) is 7.48. The van der Waals surface area contributed by atoms with Crippen molar-refractivity contribution in [2.75, 3.05) is 44.8 Å². The molecule has 3 aromatic heterocycles. The second-order valence-electron chi connectivity index (χ2n) is 14.6. The molecule has 1 saturated heterocycles. The predicted octanol–water partition coefficient (Wildman–Crippen LogP) is 5.21. The number of nitrogens with one attached hydrogen (secondary N) is 1. The quantitative estimate of drug-likeness (QED) is 0.202. The van der Waals surface area contributed by atoms with Crippen molar-refractivity contribution in [3.8, 4) is 17.3 Å². The van der Waals surface area contributed by atoms with Crippen molar-refractivity contribution in [1.29, 1.82) is 0 Å². The van der Waals surface area contributed by atoms with Crippen molar-refractivity contribution in [3.05, 3.63) is 59.9 Å². The van der Waals surface area contributed by atoms with Gasteiger partial charge in [0.1, 0.15) is 23.0 Å². The van der Waals surface area contributed by atoms with Crippen LogP contribution in [0.1, 0.15) is 56.5 Å². The number of carbonyl (C=O) groups is 2. The summed E-state index contributed by atoms with van der Waals surface area (Å²) in [6, 6.07) is 11.3. The van der Waals surface area contributed by atoms with Gasteiger partial charge in [-0.3, -0.25) is 9.48 Å². The summed E-state index contributed by atoms with van der Waals surface area (Å²) >= 11 is 0. The van der Waals surface area contributed by atoms with Gasteiger partial charge in [-0.2, -0.15) is 5.10 Å². The lowest BCUT2D eigenvalue weighted by Gasteiger charge is -2.35. The van der Waals surface area contributed by atoms with Crippen LogP contribution in [0.15, 0.2) is 48.8 Å². The van der Waals surface area contributed by atoms with Crippen LogP contribution in [0, 0.1) is 0 Å². The third-order valence-corrected chi connectivity index (χ3v) is 9.68. The number of aromatic nitrogens is 5. The molecule has 14 heteroatoms. The number of amides is 2. The highest BCUT2D eigenvalue weighted by Gasteiger charge is 2.34. The van der Waals surface area contributed by atoms with E-state index in [2.05, 4.69) is 48.7 Å². The Morgan fingerprint density at radius 3 is 2.67 bits per heavy atom. The number of rotatable bonds is 10. The predicted molar refractivity (Wildman–Crippen MR) is 197 cm³/mol. The van der Waals surface area contributed by atoms with Gasteiger partial charge < -0.3 is 38.8 Å². The summed E-state index contributed by atoms with van der Waals surface area (Å²) in [5, 5.41) is 17.8. The maximum absolute atomic E-state index is 15.1. The number of aryl methyl sites for hydroxylation is 1. The topological polar surface area (TPSA) is 132 Å². The lowest BCUT2D eigenvalue weighted by Crippen LogP contribution is -2.54. The normalized spacial score (nSPS) is 17.6. The van der Waals surface area contributed by atoms with Gasteiger partial charge in [-0.1, -0.05) is 12.1 Å². The Balaban J connectivity index is 1.30. The molecule has 276 valence electrons. The van der Waals surface area contributed by atoms with Crippen LogP contribution in [-0.4, -0.2) is 104 Å². The minimum atomic E-state index is -1.32. The lowest BCUT2D eigenvalue weighted by atomic mass is 10.0. The number of methoxy groups -OCH3 is 1. The number of alkyl carbamates (subject to hydrolysis) is 1. The minimum absolute atomic E-state index is 0.0860. The van der Waals surface area contributed by atoms with E-state index in [9.17, 15) is 14.7 Å². The van der Waals surface area contributed by atoms with Crippen molar-refractivity contribution < 1.29 is 28.6 Å². The zero-order chi connectivity index (χ0) is 36.7. The Morgan fingerprint density at radius 2 is 1.94 bits per heavy atom. The third-order valence-electron chi connectivity index (χ3n) is 9.68. The first-order valence-corrected chi connectivity index (χ1v) is 18.0. The SMILES string of the molecule is CCn1cc(Cn2c(-c3cc4cccc5c4n3CCN5CCCO)nc3cc(C(=O)N4C[C@H](F)C[C@@H](NC(=O)OC(C)(C)C)C4)cc(OC)c32)cn1. The molecule has 2 N–H and O–H groups in total. The maximum atomic E-state index is 15.1. The van der Waals surface area contributed by atoms with Gasteiger partial charge in [0.2, 0.25) is 0 Å². The molecule has 2 aliphatic heterocycles. The molecule has 0 saturated carbocycles. The molecule has 0 spiro atoms. The number of hydrogen-bond acceptors (Lipinski definition) is 8. The molecule has 5 heterocycles. The van der Waals surface area contributed by atoms with E-state index in [-0.39, 0.29) is 32.0 Å². The van der Waals surface area contributed by atoms with Crippen LogP contribution in [0.25, 0.3) is 33.5 Å². The molecule has 0 radical (unpaired) electrons. The largest absolute Gasteiger partial charge is 0.494 e. The molecule has 2 aromatic carbocycles. The molecule has 0 unspecified atom stereocenters. The highest BCUT2D eigenvalue weighted by atomic mass is 19.1. The second-order valence-corrected chi connectivity index (χ2v) is 14.6. The van der Waals surface area contributed by atoms with Gasteiger partial charge >= 0.3 is 6.09 Å². The van der Waals surface area contributed by atoms with E-state index in [1.54, 1.807) is 40.0 Å². The zero-order valence-corrected chi connectivity index (χ0v) is 30.4. The highest BCUT2D eigenvalue weighted by molar-refractivity contribution is 6.01. The molecule has 2 amide bonds. The van der Waals surface area contributed by atoms with Gasteiger partial charge in [0, 0.05) is 68.5 Å². The maximum Gasteiger partial charge on any atom is 0.407 e. The van der Waals surface area contributed by atoms with Gasteiger partial charge in [0.25, 0.3) is 5.91 Å². The molecule has 0 bridgehead atoms. The number of fused-ring (bicyclic) bond motifs is 1. The fourth-order valence-corrected chi connectivity index (χ4v) is 7.48. The van der Waals surface area contributed by atoms with E-state index in [0.717, 1.165) is 65.4 Å². The third kappa shape index (κ3) is 6.91. The number of aliphatic hydroxyl groups is 1. The Labute approximate surface area is 301 Å². The molecule has 2 aliphatic rings. The van der Waals surface area contributed by atoms with Crippen LogP contribution in [0.3, 0.4) is 0 Å². The average Bonchev–Trinajstić information content (AvgIpc) is 3.82. The van der Waals surface area contributed by atoms with Gasteiger partial charge in [-0.25, -0.2) is 14.2 Å². The molecule has 13 nitrogen and oxygen atoms in total. The molecule has 2 atom stereocenters. The van der Waals surface area contributed by atoms with E-state index < -0.39 is 23.9 Å². The Morgan fingerprint density at radius 1 is 1.12 bits per heavy atom. The molecular formula is C38H47FN8O5. The van der Waals surface area contributed by atoms with Crippen molar-refractivity contribution in [2.45, 2.75) is 78.0 Å². The number of piperidine rings is 1. The number of likely N-dealkylation sites (tertiary alicyclic amines) is 1. The first-order valence-electron chi connectivity index (χ1n) is 18.0. The van der Waals surface area contributed by atoms with Gasteiger partial charge in [-0.05, 0) is 58.4 Å². The number of ether oxygens (including phenoxy) is 2. The summed E-state index contributed by atoms with van der Waals surface area (Å²) in [6.45, 7) is 11.0. The average molecular weight is 715 g/mol. The van der Waals surface area contributed by atoms with Gasteiger partial charge in [0.15, 0.2) is 5.82 Å². The first-order chi connectivity index (χ1) is 25.0.